The van der Waals surface area contributed by atoms with Crippen LogP contribution in [0.1, 0.15) is 57.0 Å². The molecule has 0 N–H and O–H groups in total. The quantitative estimate of drug-likeness (QED) is 0.742. The SMILES string of the molecule is COc1ccc(C2(Cn3nc4n(c3=O)[C@@H]3C(=O)OC(C)(C)CC3CC4)CC2)cc1. The molecule has 0 radical (unpaired) electrons. The third-order valence-corrected chi connectivity index (χ3v) is 6.79. The van der Waals surface area contributed by atoms with Gasteiger partial charge in [0.2, 0.25) is 0 Å². The summed E-state index contributed by atoms with van der Waals surface area (Å²) in [4.78, 5) is 26.0. The molecule has 1 aliphatic carbocycles. The normalized spacial score (nSPS) is 26.2. The Morgan fingerprint density at radius 3 is 2.59 bits per heavy atom. The van der Waals surface area contributed by atoms with E-state index in [1.165, 1.54) is 5.56 Å². The average molecular weight is 397 g/mol. The van der Waals surface area contributed by atoms with Crippen molar-refractivity contribution < 1.29 is 14.3 Å². The average Bonchev–Trinajstić information content (AvgIpc) is 3.40. The predicted molar refractivity (Wildman–Crippen MR) is 106 cm³/mol. The second kappa shape index (κ2) is 6.21. The van der Waals surface area contributed by atoms with Crippen molar-refractivity contribution >= 4 is 5.97 Å². The zero-order chi connectivity index (χ0) is 20.4. The summed E-state index contributed by atoms with van der Waals surface area (Å²) in [6.07, 6.45) is 4.41. The van der Waals surface area contributed by atoms with Gasteiger partial charge >= 0.3 is 11.7 Å². The Hall–Kier alpha value is -2.57. The molecule has 2 aromatic rings. The molecule has 1 unspecified atom stereocenters. The van der Waals surface area contributed by atoms with Crippen LogP contribution >= 0.6 is 0 Å². The molecular formula is C22H27N3O4. The Labute approximate surface area is 169 Å². The highest BCUT2D eigenvalue weighted by Crippen LogP contribution is 2.49. The Balaban J connectivity index is 1.46. The third kappa shape index (κ3) is 2.98. The number of ether oxygens (including phenoxy) is 2. The van der Waals surface area contributed by atoms with Gasteiger partial charge in [0, 0.05) is 11.8 Å². The van der Waals surface area contributed by atoms with Gasteiger partial charge in [0.1, 0.15) is 23.2 Å². The van der Waals surface area contributed by atoms with Crippen molar-refractivity contribution in [2.75, 3.05) is 7.11 Å². The molecule has 154 valence electrons. The lowest BCUT2D eigenvalue weighted by atomic mass is 9.80. The number of esters is 1. The number of rotatable bonds is 4. The van der Waals surface area contributed by atoms with Crippen LogP contribution in [0.2, 0.25) is 0 Å². The molecule has 1 aromatic heterocycles. The standard InChI is InChI=1S/C22H27N3O4/c1-21(2)12-14-4-9-17-23-24(20(27)25(17)18(14)19(26)29-21)13-22(10-11-22)15-5-7-16(28-3)8-6-15/h5-8,14,18H,4,9-13H2,1-3H3/t14?,18-/m0/s1. The molecular weight excluding hydrogens is 370 g/mol. The van der Waals surface area contributed by atoms with Crippen LogP contribution in [0.3, 0.4) is 0 Å². The number of fused-ring (bicyclic) bond motifs is 3. The van der Waals surface area contributed by atoms with E-state index in [0.29, 0.717) is 12.4 Å². The highest BCUT2D eigenvalue weighted by Gasteiger charge is 2.49. The van der Waals surface area contributed by atoms with Gasteiger partial charge < -0.3 is 9.47 Å². The summed E-state index contributed by atoms with van der Waals surface area (Å²) in [5.41, 5.74) is 0.482. The fourth-order valence-corrected chi connectivity index (χ4v) is 5.14. The number of aromatic nitrogens is 3. The summed E-state index contributed by atoms with van der Waals surface area (Å²) in [6, 6.07) is 7.53. The molecule has 7 nitrogen and oxygen atoms in total. The lowest BCUT2D eigenvalue weighted by molar-refractivity contribution is -0.175. The van der Waals surface area contributed by atoms with Gasteiger partial charge in [-0.1, -0.05) is 12.1 Å². The zero-order valence-electron chi connectivity index (χ0n) is 17.2. The molecule has 29 heavy (non-hydrogen) atoms. The monoisotopic (exact) mass is 397 g/mol. The maximum absolute atomic E-state index is 13.2. The van der Waals surface area contributed by atoms with Crippen LogP contribution in [0.25, 0.3) is 0 Å². The van der Waals surface area contributed by atoms with Crippen LogP contribution in [0.4, 0.5) is 0 Å². The van der Waals surface area contributed by atoms with Crippen LogP contribution in [-0.2, 0) is 27.9 Å². The molecule has 7 heteroatoms. The Bertz CT molecular complexity index is 1010. The second-order valence-corrected chi connectivity index (χ2v) is 9.36. The van der Waals surface area contributed by atoms with Gasteiger partial charge in [0.15, 0.2) is 0 Å². The van der Waals surface area contributed by atoms with Gasteiger partial charge in [-0.2, -0.15) is 5.10 Å². The topological polar surface area (TPSA) is 75.4 Å². The van der Waals surface area contributed by atoms with Gasteiger partial charge in [-0.3, -0.25) is 4.57 Å². The molecule has 1 aromatic carbocycles. The van der Waals surface area contributed by atoms with Gasteiger partial charge in [-0.15, -0.1) is 0 Å². The van der Waals surface area contributed by atoms with Gasteiger partial charge in [-0.25, -0.2) is 14.3 Å². The van der Waals surface area contributed by atoms with Crippen molar-refractivity contribution in [1.82, 2.24) is 14.3 Å². The maximum Gasteiger partial charge on any atom is 0.346 e. The fourth-order valence-electron chi connectivity index (χ4n) is 5.14. The van der Waals surface area contributed by atoms with Crippen LogP contribution in [0.15, 0.2) is 29.1 Å². The molecule has 0 bridgehead atoms. The number of carbonyl (C=O) groups excluding carboxylic acids is 1. The summed E-state index contributed by atoms with van der Waals surface area (Å²) in [6.45, 7) is 4.42. The van der Waals surface area contributed by atoms with Crippen molar-refractivity contribution in [2.24, 2.45) is 5.92 Å². The number of carbonyl (C=O) groups is 1. The number of methoxy groups -OCH3 is 1. The highest BCUT2D eigenvalue weighted by atomic mass is 16.6. The van der Waals surface area contributed by atoms with E-state index in [1.807, 2.05) is 26.0 Å². The minimum Gasteiger partial charge on any atom is -0.497 e. The summed E-state index contributed by atoms with van der Waals surface area (Å²) < 4.78 is 14.1. The first kappa shape index (κ1) is 18.5. The van der Waals surface area contributed by atoms with E-state index < -0.39 is 11.6 Å². The molecule has 2 aliphatic heterocycles. The second-order valence-electron chi connectivity index (χ2n) is 9.36. The van der Waals surface area contributed by atoms with Gasteiger partial charge in [-0.05, 0) is 63.1 Å². The minimum absolute atomic E-state index is 0.0604. The van der Waals surface area contributed by atoms with Crippen molar-refractivity contribution in [3.05, 3.63) is 46.1 Å². The first-order valence-electron chi connectivity index (χ1n) is 10.4. The molecule has 1 saturated carbocycles. The number of hydrogen-bond acceptors (Lipinski definition) is 5. The molecule has 3 heterocycles. The van der Waals surface area contributed by atoms with Crippen LogP contribution in [0, 0.1) is 5.92 Å². The minimum atomic E-state index is -0.538. The van der Waals surface area contributed by atoms with Crippen molar-refractivity contribution in [3.63, 3.8) is 0 Å². The summed E-state index contributed by atoms with van der Waals surface area (Å²) >= 11 is 0. The summed E-state index contributed by atoms with van der Waals surface area (Å²) in [5.74, 6) is 1.36. The van der Waals surface area contributed by atoms with E-state index >= 15 is 0 Å². The van der Waals surface area contributed by atoms with Crippen molar-refractivity contribution in [1.29, 1.82) is 0 Å². The van der Waals surface area contributed by atoms with E-state index in [-0.39, 0.29) is 23.0 Å². The maximum atomic E-state index is 13.2. The lowest BCUT2D eigenvalue weighted by Crippen LogP contribution is -2.49. The molecule has 2 fully saturated rings. The predicted octanol–water partition coefficient (Wildman–Crippen LogP) is 2.61. The van der Waals surface area contributed by atoms with E-state index in [4.69, 9.17) is 9.47 Å². The summed E-state index contributed by atoms with van der Waals surface area (Å²) in [5, 5.41) is 4.63. The van der Waals surface area contributed by atoms with Crippen LogP contribution in [-0.4, -0.2) is 33.0 Å². The molecule has 5 rings (SSSR count). The number of cyclic esters (lactones) is 1. The first-order valence-corrected chi connectivity index (χ1v) is 10.4. The first-order chi connectivity index (χ1) is 13.8. The molecule has 2 atom stereocenters. The number of aryl methyl sites for hydroxylation is 1. The van der Waals surface area contributed by atoms with Crippen LogP contribution in [0.5, 0.6) is 5.75 Å². The van der Waals surface area contributed by atoms with Crippen molar-refractivity contribution in [3.8, 4) is 5.75 Å². The molecule has 0 amide bonds. The van der Waals surface area contributed by atoms with Gasteiger partial charge in [0.25, 0.3) is 0 Å². The van der Waals surface area contributed by atoms with Gasteiger partial charge in [0.05, 0.1) is 13.7 Å². The smallest absolute Gasteiger partial charge is 0.346 e. The summed E-state index contributed by atoms with van der Waals surface area (Å²) in [7, 11) is 1.65. The highest BCUT2D eigenvalue weighted by molar-refractivity contribution is 5.76. The number of benzene rings is 1. The Morgan fingerprint density at radius 1 is 1.21 bits per heavy atom. The fraction of sp³-hybridized carbons (Fsp3) is 0.591. The van der Waals surface area contributed by atoms with E-state index in [0.717, 1.165) is 37.9 Å². The molecule has 1 saturated heterocycles. The Morgan fingerprint density at radius 2 is 1.93 bits per heavy atom. The van der Waals surface area contributed by atoms with E-state index in [1.54, 1.807) is 16.4 Å². The number of nitrogens with zero attached hydrogens (tertiary/aromatic N) is 3. The van der Waals surface area contributed by atoms with Crippen molar-refractivity contribution in [2.45, 2.75) is 69.6 Å². The number of hydrogen-bond donors (Lipinski definition) is 0. The Kier molecular flexibility index (Phi) is 3.95. The molecule has 3 aliphatic rings. The third-order valence-electron chi connectivity index (χ3n) is 6.79. The lowest BCUT2D eigenvalue weighted by Gasteiger charge is -2.41. The largest absolute Gasteiger partial charge is 0.497 e. The zero-order valence-corrected chi connectivity index (χ0v) is 17.2. The van der Waals surface area contributed by atoms with E-state index in [9.17, 15) is 9.59 Å². The van der Waals surface area contributed by atoms with E-state index in [2.05, 4.69) is 17.2 Å². The molecule has 0 spiro atoms. The van der Waals surface area contributed by atoms with Crippen LogP contribution < -0.4 is 10.4 Å².